The SMILES string of the molecule is COC(=O)CC[C@@H](NC(=O)C1CCNCC1)C(=O)OC. The van der Waals surface area contributed by atoms with Gasteiger partial charge in [0.05, 0.1) is 14.2 Å². The lowest BCUT2D eigenvalue weighted by Gasteiger charge is -2.24. The van der Waals surface area contributed by atoms with Gasteiger partial charge < -0.3 is 20.1 Å². The van der Waals surface area contributed by atoms with Crippen LogP contribution in [0.15, 0.2) is 0 Å². The Morgan fingerprint density at radius 1 is 1.20 bits per heavy atom. The number of carbonyl (C=O) groups excluding carboxylic acids is 3. The number of methoxy groups -OCH3 is 2. The molecule has 0 unspecified atom stereocenters. The quantitative estimate of drug-likeness (QED) is 0.645. The molecule has 2 N–H and O–H groups in total. The fraction of sp³-hybridized carbons (Fsp3) is 0.769. The summed E-state index contributed by atoms with van der Waals surface area (Å²) in [6.07, 6.45) is 1.73. The van der Waals surface area contributed by atoms with Crippen LogP contribution in [0.25, 0.3) is 0 Å². The van der Waals surface area contributed by atoms with Crippen LogP contribution in [0.5, 0.6) is 0 Å². The molecule has 1 aliphatic rings. The van der Waals surface area contributed by atoms with E-state index >= 15 is 0 Å². The third-order valence-corrected chi connectivity index (χ3v) is 3.38. The minimum Gasteiger partial charge on any atom is -0.469 e. The summed E-state index contributed by atoms with van der Waals surface area (Å²) < 4.78 is 9.17. The third-order valence-electron chi connectivity index (χ3n) is 3.38. The van der Waals surface area contributed by atoms with Gasteiger partial charge in [-0.05, 0) is 32.4 Å². The zero-order chi connectivity index (χ0) is 15.0. The summed E-state index contributed by atoms with van der Waals surface area (Å²) in [5.74, 6) is -1.22. The first-order valence-corrected chi connectivity index (χ1v) is 6.74. The van der Waals surface area contributed by atoms with Gasteiger partial charge in [0.2, 0.25) is 5.91 Å². The van der Waals surface area contributed by atoms with Crippen molar-refractivity contribution in [1.82, 2.24) is 10.6 Å². The van der Waals surface area contributed by atoms with Crippen molar-refractivity contribution in [3.05, 3.63) is 0 Å². The maximum Gasteiger partial charge on any atom is 0.328 e. The summed E-state index contributed by atoms with van der Waals surface area (Å²) >= 11 is 0. The van der Waals surface area contributed by atoms with E-state index in [-0.39, 0.29) is 24.7 Å². The van der Waals surface area contributed by atoms with Crippen LogP contribution >= 0.6 is 0 Å². The first-order valence-electron chi connectivity index (χ1n) is 6.74. The normalized spacial score (nSPS) is 17.1. The number of esters is 2. The lowest BCUT2D eigenvalue weighted by molar-refractivity contribution is -0.147. The average Bonchev–Trinajstić information content (AvgIpc) is 2.50. The molecule has 1 saturated heterocycles. The summed E-state index contributed by atoms with van der Waals surface area (Å²) in [6.45, 7) is 1.59. The van der Waals surface area contributed by atoms with E-state index in [9.17, 15) is 14.4 Å². The van der Waals surface area contributed by atoms with Gasteiger partial charge >= 0.3 is 11.9 Å². The fourth-order valence-electron chi connectivity index (χ4n) is 2.13. The molecule has 20 heavy (non-hydrogen) atoms. The van der Waals surface area contributed by atoms with E-state index in [1.54, 1.807) is 0 Å². The minimum absolute atomic E-state index is 0.0583. The van der Waals surface area contributed by atoms with E-state index in [1.165, 1.54) is 14.2 Å². The van der Waals surface area contributed by atoms with Crippen LogP contribution in [0.4, 0.5) is 0 Å². The van der Waals surface area contributed by atoms with Crippen LogP contribution in [-0.2, 0) is 23.9 Å². The Kier molecular flexibility index (Phi) is 7.00. The van der Waals surface area contributed by atoms with Crippen molar-refractivity contribution in [2.75, 3.05) is 27.3 Å². The molecule has 0 aromatic rings. The largest absolute Gasteiger partial charge is 0.469 e. The molecule has 0 radical (unpaired) electrons. The number of rotatable bonds is 6. The molecule has 1 heterocycles. The number of hydrogen-bond donors (Lipinski definition) is 2. The predicted octanol–water partition coefficient (Wildman–Crippen LogP) is -0.403. The standard InChI is InChI=1S/C13H22N2O5/c1-19-11(16)4-3-10(13(18)20-2)15-12(17)9-5-7-14-8-6-9/h9-10,14H,3-8H2,1-2H3,(H,15,17)/t10-/m1/s1. The lowest BCUT2D eigenvalue weighted by Crippen LogP contribution is -2.46. The Labute approximate surface area is 118 Å². The Morgan fingerprint density at radius 2 is 1.85 bits per heavy atom. The smallest absolute Gasteiger partial charge is 0.328 e. The first-order chi connectivity index (χ1) is 9.58. The first kappa shape index (κ1) is 16.4. The number of hydrogen-bond acceptors (Lipinski definition) is 6. The van der Waals surface area contributed by atoms with Gasteiger partial charge in [0.15, 0.2) is 0 Å². The van der Waals surface area contributed by atoms with E-state index in [4.69, 9.17) is 0 Å². The highest BCUT2D eigenvalue weighted by molar-refractivity contribution is 5.86. The zero-order valence-corrected chi connectivity index (χ0v) is 11.9. The van der Waals surface area contributed by atoms with Gasteiger partial charge in [0, 0.05) is 12.3 Å². The van der Waals surface area contributed by atoms with Crippen molar-refractivity contribution >= 4 is 17.8 Å². The molecule has 1 amide bonds. The van der Waals surface area contributed by atoms with Crippen LogP contribution in [0.2, 0.25) is 0 Å². The molecule has 7 heteroatoms. The number of nitrogens with one attached hydrogen (secondary N) is 2. The maximum atomic E-state index is 12.1. The van der Waals surface area contributed by atoms with Crippen LogP contribution in [-0.4, -0.2) is 51.2 Å². The van der Waals surface area contributed by atoms with Crippen molar-refractivity contribution < 1.29 is 23.9 Å². The molecule has 0 saturated carbocycles. The maximum absolute atomic E-state index is 12.1. The second kappa shape index (κ2) is 8.52. The molecule has 0 aromatic carbocycles. The van der Waals surface area contributed by atoms with Crippen molar-refractivity contribution in [2.45, 2.75) is 31.7 Å². The molecule has 0 spiro atoms. The average molecular weight is 286 g/mol. The summed E-state index contributed by atoms with van der Waals surface area (Å²) in [4.78, 5) is 34.8. The highest BCUT2D eigenvalue weighted by Gasteiger charge is 2.27. The Balaban J connectivity index is 2.52. The minimum atomic E-state index is -0.804. The second-order valence-corrected chi connectivity index (χ2v) is 4.72. The molecule has 114 valence electrons. The van der Waals surface area contributed by atoms with Gasteiger partial charge in [-0.2, -0.15) is 0 Å². The van der Waals surface area contributed by atoms with Crippen molar-refractivity contribution in [3.8, 4) is 0 Å². The van der Waals surface area contributed by atoms with Gasteiger partial charge in [-0.25, -0.2) is 4.79 Å². The molecule has 7 nitrogen and oxygen atoms in total. The highest BCUT2D eigenvalue weighted by Crippen LogP contribution is 2.12. The fourth-order valence-corrected chi connectivity index (χ4v) is 2.13. The number of carbonyl (C=O) groups is 3. The molecule has 0 bridgehead atoms. The predicted molar refractivity (Wildman–Crippen MR) is 70.8 cm³/mol. The van der Waals surface area contributed by atoms with E-state index in [0.717, 1.165) is 25.9 Å². The molecule has 1 rings (SSSR count). The Hall–Kier alpha value is -1.63. The highest BCUT2D eigenvalue weighted by atomic mass is 16.5. The zero-order valence-electron chi connectivity index (χ0n) is 11.9. The molecule has 1 fully saturated rings. The lowest BCUT2D eigenvalue weighted by atomic mass is 9.96. The Bertz CT molecular complexity index is 353. The van der Waals surface area contributed by atoms with Crippen molar-refractivity contribution in [1.29, 1.82) is 0 Å². The van der Waals surface area contributed by atoms with Gasteiger partial charge in [-0.1, -0.05) is 0 Å². The molecule has 0 aliphatic carbocycles. The van der Waals surface area contributed by atoms with Crippen LogP contribution in [0.3, 0.4) is 0 Å². The molecule has 0 aromatic heterocycles. The van der Waals surface area contributed by atoms with E-state index in [2.05, 4.69) is 20.1 Å². The molecule has 1 aliphatic heterocycles. The van der Waals surface area contributed by atoms with E-state index < -0.39 is 18.0 Å². The number of ether oxygens (including phenoxy) is 2. The second-order valence-electron chi connectivity index (χ2n) is 4.72. The molecular weight excluding hydrogens is 264 g/mol. The number of amides is 1. The summed E-state index contributed by atoms with van der Waals surface area (Å²) in [5.41, 5.74) is 0. The van der Waals surface area contributed by atoms with Gasteiger partial charge in [0.25, 0.3) is 0 Å². The van der Waals surface area contributed by atoms with Gasteiger partial charge in [-0.3, -0.25) is 9.59 Å². The van der Waals surface area contributed by atoms with Crippen LogP contribution in [0, 0.1) is 5.92 Å². The molecular formula is C13H22N2O5. The number of piperidine rings is 1. The molecule has 1 atom stereocenters. The van der Waals surface area contributed by atoms with Gasteiger partial charge in [0.1, 0.15) is 6.04 Å². The topological polar surface area (TPSA) is 93.7 Å². The third kappa shape index (κ3) is 5.16. The summed E-state index contributed by atoms with van der Waals surface area (Å²) in [5, 5.41) is 5.84. The van der Waals surface area contributed by atoms with Crippen LogP contribution < -0.4 is 10.6 Å². The monoisotopic (exact) mass is 286 g/mol. The van der Waals surface area contributed by atoms with Crippen molar-refractivity contribution in [2.24, 2.45) is 5.92 Å². The summed E-state index contributed by atoms with van der Waals surface area (Å²) in [6, 6.07) is -0.804. The Morgan fingerprint density at radius 3 is 2.40 bits per heavy atom. The van der Waals surface area contributed by atoms with Crippen LogP contribution in [0.1, 0.15) is 25.7 Å². The van der Waals surface area contributed by atoms with E-state index in [0.29, 0.717) is 0 Å². The summed E-state index contributed by atoms with van der Waals surface area (Å²) in [7, 11) is 2.53. The van der Waals surface area contributed by atoms with E-state index in [1.807, 2.05) is 0 Å². The van der Waals surface area contributed by atoms with Crippen molar-refractivity contribution in [3.63, 3.8) is 0 Å². The van der Waals surface area contributed by atoms with Gasteiger partial charge in [-0.15, -0.1) is 0 Å².